The van der Waals surface area contributed by atoms with E-state index in [9.17, 15) is 0 Å². The SMILES string of the molecule is CCCNCc1cccc2ccccc12. The molecular formula is C14H17N. The second-order valence-corrected chi connectivity index (χ2v) is 3.82. The molecule has 0 aliphatic rings. The van der Waals surface area contributed by atoms with Gasteiger partial charge in [0.25, 0.3) is 0 Å². The predicted molar refractivity (Wildman–Crippen MR) is 65.9 cm³/mol. The summed E-state index contributed by atoms with van der Waals surface area (Å²) in [4.78, 5) is 0. The summed E-state index contributed by atoms with van der Waals surface area (Å²) in [7, 11) is 0. The maximum Gasteiger partial charge on any atom is 0.0211 e. The smallest absolute Gasteiger partial charge is 0.0211 e. The van der Waals surface area contributed by atoms with Crippen molar-refractivity contribution in [1.82, 2.24) is 5.32 Å². The zero-order chi connectivity index (χ0) is 10.5. The van der Waals surface area contributed by atoms with Crippen molar-refractivity contribution in [3.8, 4) is 0 Å². The van der Waals surface area contributed by atoms with Gasteiger partial charge in [0, 0.05) is 6.54 Å². The van der Waals surface area contributed by atoms with Crippen molar-refractivity contribution in [2.24, 2.45) is 0 Å². The summed E-state index contributed by atoms with van der Waals surface area (Å²) in [6.07, 6.45) is 1.19. The standard InChI is InChI=1S/C14H17N/c1-2-10-15-11-13-8-5-7-12-6-3-4-9-14(12)13/h3-9,15H,2,10-11H2,1H3. The Balaban J connectivity index is 2.26. The van der Waals surface area contributed by atoms with Crippen LogP contribution >= 0.6 is 0 Å². The average molecular weight is 199 g/mol. The van der Waals surface area contributed by atoms with Gasteiger partial charge in [-0.1, -0.05) is 49.4 Å². The molecule has 0 fully saturated rings. The Labute approximate surface area is 91.1 Å². The molecule has 0 aliphatic carbocycles. The molecule has 0 bridgehead atoms. The molecule has 0 amide bonds. The van der Waals surface area contributed by atoms with Crippen LogP contribution in [0.15, 0.2) is 42.5 Å². The second-order valence-electron chi connectivity index (χ2n) is 3.82. The van der Waals surface area contributed by atoms with E-state index in [1.165, 1.54) is 22.8 Å². The third-order valence-electron chi connectivity index (χ3n) is 2.62. The fourth-order valence-corrected chi connectivity index (χ4v) is 1.85. The van der Waals surface area contributed by atoms with Crippen LogP contribution in [0.3, 0.4) is 0 Å². The number of rotatable bonds is 4. The second kappa shape index (κ2) is 4.94. The molecule has 1 N–H and O–H groups in total. The highest BCUT2D eigenvalue weighted by Gasteiger charge is 1.98. The number of benzene rings is 2. The summed E-state index contributed by atoms with van der Waals surface area (Å²) < 4.78 is 0. The summed E-state index contributed by atoms with van der Waals surface area (Å²) in [5.74, 6) is 0. The molecule has 2 aromatic carbocycles. The molecule has 0 aromatic heterocycles. The quantitative estimate of drug-likeness (QED) is 0.745. The largest absolute Gasteiger partial charge is 0.313 e. The van der Waals surface area contributed by atoms with Crippen molar-refractivity contribution < 1.29 is 0 Å². The van der Waals surface area contributed by atoms with Crippen molar-refractivity contribution in [3.05, 3.63) is 48.0 Å². The van der Waals surface area contributed by atoms with Crippen LogP contribution in [0.2, 0.25) is 0 Å². The van der Waals surface area contributed by atoms with Crippen LogP contribution in [0.25, 0.3) is 10.8 Å². The molecule has 2 aromatic rings. The van der Waals surface area contributed by atoms with Crippen molar-refractivity contribution in [1.29, 1.82) is 0 Å². The van der Waals surface area contributed by atoms with Gasteiger partial charge in [-0.25, -0.2) is 0 Å². The number of fused-ring (bicyclic) bond motifs is 1. The van der Waals surface area contributed by atoms with Gasteiger partial charge in [-0.2, -0.15) is 0 Å². The van der Waals surface area contributed by atoms with E-state index in [1.807, 2.05) is 0 Å². The Hall–Kier alpha value is -1.34. The maximum absolute atomic E-state index is 3.44. The molecule has 0 heterocycles. The highest BCUT2D eigenvalue weighted by atomic mass is 14.8. The van der Waals surface area contributed by atoms with Crippen molar-refractivity contribution >= 4 is 10.8 Å². The molecule has 0 spiro atoms. The zero-order valence-electron chi connectivity index (χ0n) is 9.16. The van der Waals surface area contributed by atoms with E-state index in [2.05, 4.69) is 54.7 Å². The van der Waals surface area contributed by atoms with Gasteiger partial charge in [-0.05, 0) is 29.3 Å². The minimum Gasteiger partial charge on any atom is -0.313 e. The summed E-state index contributed by atoms with van der Waals surface area (Å²) in [5, 5.41) is 6.14. The Kier molecular flexibility index (Phi) is 3.36. The van der Waals surface area contributed by atoms with Gasteiger partial charge in [0.1, 0.15) is 0 Å². The summed E-state index contributed by atoms with van der Waals surface area (Å²) in [6, 6.07) is 15.0. The molecule has 0 aliphatic heterocycles. The highest BCUT2D eigenvalue weighted by molar-refractivity contribution is 5.85. The first kappa shape index (κ1) is 10.2. The van der Waals surface area contributed by atoms with Crippen molar-refractivity contribution in [2.45, 2.75) is 19.9 Å². The first-order valence-electron chi connectivity index (χ1n) is 5.59. The zero-order valence-corrected chi connectivity index (χ0v) is 9.16. The molecule has 1 heteroatoms. The molecule has 15 heavy (non-hydrogen) atoms. The minimum absolute atomic E-state index is 0.967. The molecule has 0 unspecified atom stereocenters. The van der Waals surface area contributed by atoms with E-state index in [0.717, 1.165) is 13.1 Å². The summed E-state index contributed by atoms with van der Waals surface area (Å²) in [5.41, 5.74) is 1.39. The van der Waals surface area contributed by atoms with Crippen LogP contribution in [0.1, 0.15) is 18.9 Å². The highest BCUT2D eigenvalue weighted by Crippen LogP contribution is 2.17. The Morgan fingerprint density at radius 1 is 1.00 bits per heavy atom. The van der Waals surface area contributed by atoms with E-state index >= 15 is 0 Å². The molecule has 78 valence electrons. The van der Waals surface area contributed by atoms with E-state index < -0.39 is 0 Å². The Bertz CT molecular complexity index is 429. The van der Waals surface area contributed by atoms with Crippen LogP contribution in [0.4, 0.5) is 0 Å². The van der Waals surface area contributed by atoms with Gasteiger partial charge in [0.05, 0.1) is 0 Å². The van der Waals surface area contributed by atoms with E-state index in [0.29, 0.717) is 0 Å². The molecule has 0 saturated carbocycles. The fraction of sp³-hybridized carbons (Fsp3) is 0.286. The number of hydrogen-bond acceptors (Lipinski definition) is 1. The van der Waals surface area contributed by atoms with E-state index in [-0.39, 0.29) is 0 Å². The lowest BCUT2D eigenvalue weighted by molar-refractivity contribution is 0.678. The topological polar surface area (TPSA) is 12.0 Å². The van der Waals surface area contributed by atoms with Crippen molar-refractivity contribution in [3.63, 3.8) is 0 Å². The third kappa shape index (κ3) is 2.37. The molecule has 0 atom stereocenters. The lowest BCUT2D eigenvalue weighted by Crippen LogP contribution is -2.13. The normalized spacial score (nSPS) is 10.7. The number of nitrogens with one attached hydrogen (secondary N) is 1. The monoisotopic (exact) mass is 199 g/mol. The van der Waals surface area contributed by atoms with Crippen LogP contribution < -0.4 is 5.32 Å². The molecule has 1 nitrogen and oxygen atoms in total. The summed E-state index contributed by atoms with van der Waals surface area (Å²) in [6.45, 7) is 4.24. The van der Waals surface area contributed by atoms with Gasteiger partial charge >= 0.3 is 0 Å². The van der Waals surface area contributed by atoms with Gasteiger partial charge in [-0.3, -0.25) is 0 Å². The molecule has 2 rings (SSSR count). The average Bonchev–Trinajstić information content (AvgIpc) is 2.30. The first-order chi connectivity index (χ1) is 7.42. The lowest BCUT2D eigenvalue weighted by Gasteiger charge is -2.07. The molecular weight excluding hydrogens is 182 g/mol. The number of hydrogen-bond donors (Lipinski definition) is 1. The maximum atomic E-state index is 3.44. The molecule has 0 saturated heterocycles. The van der Waals surface area contributed by atoms with Crippen LogP contribution in [0.5, 0.6) is 0 Å². The van der Waals surface area contributed by atoms with Crippen LogP contribution in [0, 0.1) is 0 Å². The Morgan fingerprint density at radius 3 is 2.67 bits per heavy atom. The molecule has 0 radical (unpaired) electrons. The summed E-state index contributed by atoms with van der Waals surface area (Å²) >= 11 is 0. The van der Waals surface area contributed by atoms with Crippen LogP contribution in [-0.4, -0.2) is 6.54 Å². The van der Waals surface area contributed by atoms with Gasteiger partial charge in [0.2, 0.25) is 0 Å². The lowest BCUT2D eigenvalue weighted by atomic mass is 10.0. The van der Waals surface area contributed by atoms with Crippen molar-refractivity contribution in [2.75, 3.05) is 6.54 Å². The van der Waals surface area contributed by atoms with E-state index in [1.54, 1.807) is 0 Å². The first-order valence-corrected chi connectivity index (χ1v) is 5.59. The van der Waals surface area contributed by atoms with Gasteiger partial charge in [0.15, 0.2) is 0 Å². The fourth-order valence-electron chi connectivity index (χ4n) is 1.85. The predicted octanol–water partition coefficient (Wildman–Crippen LogP) is 3.34. The van der Waals surface area contributed by atoms with Crippen LogP contribution in [-0.2, 0) is 6.54 Å². The van der Waals surface area contributed by atoms with E-state index in [4.69, 9.17) is 0 Å². The van der Waals surface area contributed by atoms with Gasteiger partial charge in [-0.15, -0.1) is 0 Å². The Morgan fingerprint density at radius 2 is 1.80 bits per heavy atom. The van der Waals surface area contributed by atoms with Gasteiger partial charge < -0.3 is 5.32 Å². The minimum atomic E-state index is 0.967. The third-order valence-corrected chi connectivity index (χ3v) is 2.62.